The Labute approximate surface area is 272 Å². The van der Waals surface area contributed by atoms with Crippen LogP contribution in [0.1, 0.15) is 51.8 Å². The molecule has 5 aromatic rings. The van der Waals surface area contributed by atoms with Crippen molar-refractivity contribution in [2.75, 3.05) is 31.1 Å². The number of aryl methyl sites for hydroxylation is 2. The Morgan fingerprint density at radius 3 is 2.38 bits per heavy atom. The van der Waals surface area contributed by atoms with Crippen molar-refractivity contribution in [2.24, 2.45) is 7.05 Å². The van der Waals surface area contributed by atoms with Crippen LogP contribution in [0.2, 0.25) is 5.02 Å². The maximum absolute atomic E-state index is 12.7. The average molecular weight is 647 g/mol. The summed E-state index contributed by atoms with van der Waals surface area (Å²) >= 11 is 7.79. The molecule has 1 N–H and O–H groups in total. The van der Waals surface area contributed by atoms with Crippen LogP contribution in [0, 0.1) is 6.92 Å². The molecule has 0 aliphatic carbocycles. The van der Waals surface area contributed by atoms with Crippen molar-refractivity contribution in [2.45, 2.75) is 59.3 Å². The normalized spacial score (nSPS) is 15.4. The summed E-state index contributed by atoms with van der Waals surface area (Å²) in [5, 5.41) is 17.7. The highest BCUT2D eigenvalue weighted by molar-refractivity contribution is 7.22. The van der Waals surface area contributed by atoms with Crippen LogP contribution in [0.5, 0.6) is 0 Å². The summed E-state index contributed by atoms with van der Waals surface area (Å²) in [5.41, 5.74) is 4.88. The first-order chi connectivity index (χ1) is 21.3. The summed E-state index contributed by atoms with van der Waals surface area (Å²) < 4.78 is 8.89. The number of piperazine rings is 1. The predicted molar refractivity (Wildman–Crippen MR) is 182 cm³/mol. The van der Waals surface area contributed by atoms with Gasteiger partial charge in [0.05, 0.1) is 21.2 Å². The van der Waals surface area contributed by atoms with Crippen molar-refractivity contribution >= 4 is 56.0 Å². The van der Waals surface area contributed by atoms with Crippen molar-refractivity contribution in [3.8, 4) is 21.7 Å². The van der Waals surface area contributed by atoms with Crippen LogP contribution in [-0.2, 0) is 16.6 Å². The third kappa shape index (κ3) is 6.16. The molecule has 3 aromatic heterocycles. The lowest BCUT2D eigenvalue weighted by Crippen LogP contribution is -2.49. The number of carbonyl (C=O) groups is 1. The molecule has 11 heteroatoms. The van der Waals surface area contributed by atoms with Gasteiger partial charge in [0, 0.05) is 67.2 Å². The van der Waals surface area contributed by atoms with E-state index < -0.39 is 17.7 Å². The standard InChI is InChI=1S/C34H39ClN6O3S/c1-19(2)40-12-14-41(15-13-40)31-24-17-22(18-36-30(24)39(7)38-31)32-37-25-16-20(3)26(28(33(42)43)44-34(4,5)6)27(29(25)45-32)21-8-10-23(35)11-9-21/h8-11,16-19,28H,12-15H2,1-7H3,(H,42,43)/t28-/m0/s1. The van der Waals surface area contributed by atoms with E-state index in [1.165, 1.54) is 11.3 Å². The number of halogens is 1. The van der Waals surface area contributed by atoms with Crippen LogP contribution in [0.3, 0.4) is 0 Å². The number of pyridine rings is 1. The van der Waals surface area contributed by atoms with E-state index in [4.69, 9.17) is 31.4 Å². The number of ether oxygens (including phenoxy) is 1. The second kappa shape index (κ2) is 12.0. The summed E-state index contributed by atoms with van der Waals surface area (Å²) in [6.07, 6.45) is 0.679. The molecule has 45 heavy (non-hydrogen) atoms. The van der Waals surface area contributed by atoms with Gasteiger partial charge in [0.2, 0.25) is 0 Å². The number of aromatic nitrogens is 4. The second-order valence-corrected chi connectivity index (χ2v) is 14.4. The molecule has 0 radical (unpaired) electrons. The molecule has 0 bridgehead atoms. The molecule has 1 saturated heterocycles. The number of carboxylic acids is 1. The number of rotatable bonds is 7. The number of nitrogens with zero attached hydrogens (tertiary/aromatic N) is 6. The van der Waals surface area contributed by atoms with E-state index in [1.807, 2.05) is 76.0 Å². The van der Waals surface area contributed by atoms with E-state index in [2.05, 4.69) is 29.7 Å². The maximum Gasteiger partial charge on any atom is 0.337 e. The minimum absolute atomic E-state index is 0.521. The number of carboxylic acid groups (broad SMARTS) is 1. The van der Waals surface area contributed by atoms with E-state index in [-0.39, 0.29) is 0 Å². The topological polar surface area (TPSA) is 96.6 Å². The van der Waals surface area contributed by atoms with Crippen molar-refractivity contribution in [1.82, 2.24) is 24.6 Å². The van der Waals surface area contributed by atoms with E-state index in [0.717, 1.165) is 80.5 Å². The van der Waals surface area contributed by atoms with E-state index >= 15 is 0 Å². The molecule has 1 aliphatic heterocycles. The Morgan fingerprint density at radius 1 is 1.07 bits per heavy atom. The molecule has 236 valence electrons. The number of hydrogen-bond acceptors (Lipinski definition) is 8. The average Bonchev–Trinajstić information content (AvgIpc) is 3.56. The quantitative estimate of drug-likeness (QED) is 0.196. The van der Waals surface area contributed by atoms with Crippen molar-refractivity contribution in [1.29, 1.82) is 0 Å². The fraction of sp³-hybridized carbons (Fsp3) is 0.412. The van der Waals surface area contributed by atoms with Gasteiger partial charge in [-0.3, -0.25) is 4.90 Å². The van der Waals surface area contributed by atoms with Crippen LogP contribution in [0.4, 0.5) is 5.82 Å². The first kappa shape index (κ1) is 31.4. The molecule has 9 nitrogen and oxygen atoms in total. The Balaban J connectivity index is 1.50. The summed E-state index contributed by atoms with van der Waals surface area (Å²) in [6, 6.07) is 12.1. The molecule has 0 saturated carbocycles. The largest absolute Gasteiger partial charge is 0.479 e. The fourth-order valence-corrected chi connectivity index (χ4v) is 7.32. The number of aliphatic carboxylic acids is 1. The van der Waals surface area contributed by atoms with Crippen molar-refractivity contribution in [3.05, 3.63) is 58.7 Å². The Kier molecular flexibility index (Phi) is 8.36. The Bertz CT molecular complexity index is 1880. The van der Waals surface area contributed by atoms with Crippen LogP contribution >= 0.6 is 22.9 Å². The van der Waals surface area contributed by atoms with Gasteiger partial charge in [0.15, 0.2) is 17.6 Å². The highest BCUT2D eigenvalue weighted by atomic mass is 35.5. The lowest BCUT2D eigenvalue weighted by Gasteiger charge is -2.37. The molecule has 0 unspecified atom stereocenters. The zero-order valence-corrected chi connectivity index (χ0v) is 28.3. The SMILES string of the molecule is Cc1cc2nc(-c3cnc4c(c3)c(N3CCN(C(C)C)CC3)nn4C)sc2c(-c2ccc(Cl)cc2)c1[C@H](OC(C)(C)C)C(=O)O. The first-order valence-corrected chi connectivity index (χ1v) is 16.4. The van der Waals surface area contributed by atoms with E-state index in [9.17, 15) is 9.90 Å². The molecule has 0 amide bonds. The first-order valence-electron chi connectivity index (χ1n) is 15.2. The minimum Gasteiger partial charge on any atom is -0.479 e. The van der Waals surface area contributed by atoms with Crippen LogP contribution in [0.15, 0.2) is 42.6 Å². The number of fused-ring (bicyclic) bond motifs is 2. The number of hydrogen-bond donors (Lipinski definition) is 1. The van der Waals surface area contributed by atoms with Crippen LogP contribution < -0.4 is 4.90 Å². The lowest BCUT2D eigenvalue weighted by molar-refractivity contribution is -0.160. The summed E-state index contributed by atoms with van der Waals surface area (Å²) in [6.45, 7) is 15.8. The van der Waals surface area contributed by atoms with Gasteiger partial charge >= 0.3 is 5.97 Å². The lowest BCUT2D eigenvalue weighted by atomic mass is 9.91. The summed E-state index contributed by atoms with van der Waals surface area (Å²) in [5.74, 6) is -0.102. The third-order valence-electron chi connectivity index (χ3n) is 8.27. The summed E-state index contributed by atoms with van der Waals surface area (Å²) in [7, 11) is 1.93. The fourth-order valence-electron chi connectivity index (χ4n) is 6.09. The molecule has 0 spiro atoms. The number of thiazole rings is 1. The van der Waals surface area contributed by atoms with Gasteiger partial charge in [0.1, 0.15) is 5.01 Å². The van der Waals surface area contributed by atoms with Gasteiger partial charge in [-0.1, -0.05) is 23.7 Å². The zero-order valence-electron chi connectivity index (χ0n) is 26.8. The second-order valence-electron chi connectivity index (χ2n) is 13.0. The third-order valence-corrected chi connectivity index (χ3v) is 9.66. The van der Waals surface area contributed by atoms with E-state index in [1.54, 1.807) is 0 Å². The molecule has 1 fully saturated rings. The Hall–Kier alpha value is -3.57. The Morgan fingerprint density at radius 2 is 1.76 bits per heavy atom. The molecule has 6 rings (SSSR count). The maximum atomic E-state index is 12.7. The van der Waals surface area contributed by atoms with Crippen molar-refractivity contribution < 1.29 is 14.6 Å². The molecule has 4 heterocycles. The van der Waals surface area contributed by atoms with Gasteiger partial charge in [-0.25, -0.2) is 19.4 Å². The highest BCUT2D eigenvalue weighted by Crippen LogP contribution is 2.44. The van der Waals surface area contributed by atoms with Gasteiger partial charge < -0.3 is 14.7 Å². The monoisotopic (exact) mass is 646 g/mol. The molecular formula is C34H39ClN6O3S. The predicted octanol–water partition coefficient (Wildman–Crippen LogP) is 7.35. The molecule has 1 aliphatic rings. The number of benzene rings is 2. The van der Waals surface area contributed by atoms with Crippen LogP contribution in [0.25, 0.3) is 42.9 Å². The smallest absolute Gasteiger partial charge is 0.337 e. The molecular weight excluding hydrogens is 608 g/mol. The minimum atomic E-state index is -1.17. The number of anilines is 1. The van der Waals surface area contributed by atoms with Gasteiger partial charge in [-0.05, 0) is 76.9 Å². The highest BCUT2D eigenvalue weighted by Gasteiger charge is 2.32. The molecule has 1 atom stereocenters. The molecule has 2 aromatic carbocycles. The van der Waals surface area contributed by atoms with Crippen LogP contribution in [-0.4, -0.2) is 73.5 Å². The van der Waals surface area contributed by atoms with Gasteiger partial charge in [-0.2, -0.15) is 5.10 Å². The zero-order chi connectivity index (χ0) is 32.2. The van der Waals surface area contributed by atoms with E-state index in [0.29, 0.717) is 16.6 Å². The van der Waals surface area contributed by atoms with Gasteiger partial charge in [0.25, 0.3) is 0 Å². The van der Waals surface area contributed by atoms with Gasteiger partial charge in [-0.15, -0.1) is 11.3 Å². The van der Waals surface area contributed by atoms with Crippen molar-refractivity contribution in [3.63, 3.8) is 0 Å². The summed E-state index contributed by atoms with van der Waals surface area (Å²) in [4.78, 5) is 27.4.